The summed E-state index contributed by atoms with van der Waals surface area (Å²) in [7, 11) is 0. The van der Waals surface area contributed by atoms with E-state index in [9.17, 15) is 4.79 Å². The molecule has 2 heterocycles. The van der Waals surface area contributed by atoms with Crippen LogP contribution < -0.4 is 5.32 Å². The number of nitrogens with one attached hydrogen (secondary N) is 1. The minimum Gasteiger partial charge on any atom is -0.347 e. The molecular formula is C14H12ClN5OS. The molecule has 6 nitrogen and oxygen atoms in total. The lowest BCUT2D eigenvalue weighted by Crippen LogP contribution is -2.22. The average molecular weight is 334 g/mol. The second-order valence-corrected chi connectivity index (χ2v) is 6.44. The molecule has 0 aliphatic rings. The highest BCUT2D eigenvalue weighted by Crippen LogP contribution is 2.21. The van der Waals surface area contributed by atoms with Crippen LogP contribution in [0.3, 0.4) is 0 Å². The third kappa shape index (κ3) is 3.15. The van der Waals surface area contributed by atoms with E-state index in [-0.39, 0.29) is 5.91 Å². The van der Waals surface area contributed by atoms with Gasteiger partial charge in [-0.3, -0.25) is 4.79 Å². The fourth-order valence-corrected chi connectivity index (χ4v) is 3.07. The summed E-state index contributed by atoms with van der Waals surface area (Å²) in [4.78, 5) is 13.2. The number of hydrogen-bond donors (Lipinski definition) is 1. The molecule has 8 heteroatoms. The number of halogens is 1. The number of aryl methyl sites for hydroxylation is 1. The zero-order valence-corrected chi connectivity index (χ0v) is 13.2. The van der Waals surface area contributed by atoms with Crippen LogP contribution in [0.5, 0.6) is 0 Å². The van der Waals surface area contributed by atoms with Crippen LogP contribution in [0.4, 0.5) is 0 Å². The van der Waals surface area contributed by atoms with Gasteiger partial charge >= 0.3 is 0 Å². The number of thiophene rings is 1. The van der Waals surface area contributed by atoms with Gasteiger partial charge in [-0.15, -0.1) is 16.4 Å². The highest BCUT2D eigenvalue weighted by molar-refractivity contribution is 7.16. The minimum absolute atomic E-state index is 0.129. The highest BCUT2D eigenvalue weighted by atomic mass is 35.5. The van der Waals surface area contributed by atoms with Crippen molar-refractivity contribution < 1.29 is 4.79 Å². The minimum atomic E-state index is -0.129. The molecule has 3 rings (SSSR count). The largest absolute Gasteiger partial charge is 0.347 e. The summed E-state index contributed by atoms with van der Waals surface area (Å²) in [6.45, 7) is 2.37. The molecular weight excluding hydrogens is 322 g/mol. The predicted molar refractivity (Wildman–Crippen MR) is 84.4 cm³/mol. The van der Waals surface area contributed by atoms with Crippen molar-refractivity contribution in [1.29, 1.82) is 0 Å². The number of benzene rings is 1. The maximum atomic E-state index is 12.2. The fraction of sp³-hybridized carbons (Fsp3) is 0.143. The molecule has 0 unspecified atom stereocenters. The molecule has 0 spiro atoms. The molecule has 2 aromatic heterocycles. The SMILES string of the molecule is Cc1cc(C(=O)NCc2ccc(Cl)s2)ccc1-n1cnnn1. The summed E-state index contributed by atoms with van der Waals surface area (Å²) in [5, 5.41) is 13.9. The Hall–Kier alpha value is -2.25. The Morgan fingerprint density at radius 3 is 2.86 bits per heavy atom. The van der Waals surface area contributed by atoms with E-state index in [1.807, 2.05) is 31.2 Å². The molecule has 0 fully saturated rings. The smallest absolute Gasteiger partial charge is 0.251 e. The zero-order chi connectivity index (χ0) is 15.5. The second kappa shape index (κ2) is 6.25. The molecule has 1 N–H and O–H groups in total. The van der Waals surface area contributed by atoms with Crippen molar-refractivity contribution in [3.05, 3.63) is 57.0 Å². The molecule has 0 bridgehead atoms. The van der Waals surface area contributed by atoms with Crippen molar-refractivity contribution in [2.24, 2.45) is 0 Å². The Balaban J connectivity index is 1.72. The van der Waals surface area contributed by atoms with Crippen LogP contribution in [0, 0.1) is 6.92 Å². The average Bonchev–Trinajstić information content (AvgIpc) is 3.16. The number of nitrogens with zero attached hydrogens (tertiary/aromatic N) is 4. The maximum absolute atomic E-state index is 12.2. The summed E-state index contributed by atoms with van der Waals surface area (Å²) in [6, 6.07) is 9.11. The van der Waals surface area contributed by atoms with Crippen molar-refractivity contribution in [1.82, 2.24) is 25.5 Å². The van der Waals surface area contributed by atoms with Crippen LogP contribution >= 0.6 is 22.9 Å². The molecule has 0 atom stereocenters. The van der Waals surface area contributed by atoms with Gasteiger partial charge in [-0.05, 0) is 53.2 Å². The number of carbonyl (C=O) groups excluding carboxylic acids is 1. The predicted octanol–water partition coefficient (Wildman–Crippen LogP) is 2.62. The number of rotatable bonds is 4. The quantitative estimate of drug-likeness (QED) is 0.796. The Kier molecular flexibility index (Phi) is 4.17. The zero-order valence-electron chi connectivity index (χ0n) is 11.7. The number of amides is 1. The van der Waals surface area contributed by atoms with Crippen LogP contribution in [0.1, 0.15) is 20.8 Å². The molecule has 1 aromatic carbocycles. The fourth-order valence-electron chi connectivity index (χ4n) is 2.04. The van der Waals surface area contributed by atoms with Crippen molar-refractivity contribution in [3.63, 3.8) is 0 Å². The molecule has 0 saturated heterocycles. The normalized spacial score (nSPS) is 10.6. The first-order valence-electron chi connectivity index (χ1n) is 6.50. The summed E-state index contributed by atoms with van der Waals surface area (Å²) in [6.07, 6.45) is 1.52. The molecule has 0 saturated carbocycles. The van der Waals surface area contributed by atoms with Gasteiger partial charge in [0.15, 0.2) is 0 Å². The first kappa shape index (κ1) is 14.7. The van der Waals surface area contributed by atoms with Gasteiger partial charge in [-0.25, -0.2) is 4.68 Å². The molecule has 3 aromatic rings. The summed E-state index contributed by atoms with van der Waals surface area (Å²) in [5.74, 6) is -0.129. The Morgan fingerprint density at radius 1 is 1.36 bits per heavy atom. The van der Waals surface area contributed by atoms with Gasteiger partial charge in [0.05, 0.1) is 16.6 Å². The monoisotopic (exact) mass is 333 g/mol. The number of aromatic nitrogens is 4. The van der Waals surface area contributed by atoms with Gasteiger partial charge in [-0.1, -0.05) is 11.6 Å². The highest BCUT2D eigenvalue weighted by Gasteiger charge is 2.10. The van der Waals surface area contributed by atoms with Gasteiger partial charge in [0.1, 0.15) is 6.33 Å². The summed E-state index contributed by atoms with van der Waals surface area (Å²) in [5.41, 5.74) is 2.35. The molecule has 0 radical (unpaired) electrons. The van der Waals surface area contributed by atoms with E-state index < -0.39 is 0 Å². The van der Waals surface area contributed by atoms with E-state index in [4.69, 9.17) is 11.6 Å². The van der Waals surface area contributed by atoms with Crippen LogP contribution in [0.25, 0.3) is 5.69 Å². The van der Waals surface area contributed by atoms with Crippen LogP contribution in [0.15, 0.2) is 36.7 Å². The molecule has 0 aliphatic carbocycles. The van der Waals surface area contributed by atoms with E-state index in [1.54, 1.807) is 10.7 Å². The Labute approximate surface area is 135 Å². The van der Waals surface area contributed by atoms with Crippen molar-refractivity contribution in [2.75, 3.05) is 0 Å². The van der Waals surface area contributed by atoms with Gasteiger partial charge in [-0.2, -0.15) is 0 Å². The third-order valence-electron chi connectivity index (χ3n) is 3.11. The topological polar surface area (TPSA) is 72.7 Å². The van der Waals surface area contributed by atoms with E-state index in [0.29, 0.717) is 16.4 Å². The maximum Gasteiger partial charge on any atom is 0.251 e. The molecule has 0 aliphatic heterocycles. The molecule has 112 valence electrons. The standard InChI is InChI=1S/C14H12ClN5OS/c1-9-6-10(2-4-12(9)20-8-17-18-19-20)14(21)16-7-11-3-5-13(15)22-11/h2-6,8H,7H2,1H3,(H,16,21). The van der Waals surface area contributed by atoms with Crippen LogP contribution in [-0.4, -0.2) is 26.1 Å². The second-order valence-electron chi connectivity index (χ2n) is 4.64. The molecule has 1 amide bonds. The summed E-state index contributed by atoms with van der Waals surface area (Å²) >= 11 is 7.32. The van der Waals surface area contributed by atoms with Crippen molar-refractivity contribution >= 4 is 28.8 Å². The van der Waals surface area contributed by atoms with Crippen molar-refractivity contribution in [3.8, 4) is 5.69 Å². The van der Waals surface area contributed by atoms with E-state index in [1.165, 1.54) is 17.7 Å². The van der Waals surface area contributed by atoms with E-state index in [0.717, 1.165) is 16.1 Å². The van der Waals surface area contributed by atoms with Gasteiger partial charge in [0, 0.05) is 10.4 Å². The van der Waals surface area contributed by atoms with Crippen LogP contribution in [0.2, 0.25) is 4.34 Å². The lowest BCUT2D eigenvalue weighted by Gasteiger charge is -2.08. The molecule has 22 heavy (non-hydrogen) atoms. The Bertz CT molecular complexity index is 799. The third-order valence-corrected chi connectivity index (χ3v) is 4.34. The first-order valence-corrected chi connectivity index (χ1v) is 7.69. The van der Waals surface area contributed by atoms with Gasteiger partial charge in [0.25, 0.3) is 5.91 Å². The van der Waals surface area contributed by atoms with E-state index >= 15 is 0 Å². The summed E-state index contributed by atoms with van der Waals surface area (Å²) < 4.78 is 2.27. The lowest BCUT2D eigenvalue weighted by atomic mass is 10.1. The van der Waals surface area contributed by atoms with Gasteiger partial charge < -0.3 is 5.32 Å². The van der Waals surface area contributed by atoms with Gasteiger partial charge in [0.2, 0.25) is 0 Å². The number of carbonyl (C=O) groups is 1. The number of hydrogen-bond acceptors (Lipinski definition) is 5. The lowest BCUT2D eigenvalue weighted by molar-refractivity contribution is 0.0951. The Morgan fingerprint density at radius 2 is 2.23 bits per heavy atom. The van der Waals surface area contributed by atoms with Crippen LogP contribution in [-0.2, 0) is 6.54 Å². The first-order chi connectivity index (χ1) is 10.6. The van der Waals surface area contributed by atoms with Crippen molar-refractivity contribution in [2.45, 2.75) is 13.5 Å². The number of tetrazole rings is 1. The van der Waals surface area contributed by atoms with E-state index in [2.05, 4.69) is 20.8 Å².